The molecule has 2 N–H and O–H groups in total. The van der Waals surface area contributed by atoms with Crippen molar-refractivity contribution >= 4 is 23.5 Å². The first kappa shape index (κ1) is 13.5. The van der Waals surface area contributed by atoms with Gasteiger partial charge in [0, 0.05) is 12.2 Å². The van der Waals surface area contributed by atoms with Crippen LogP contribution in [0.25, 0.3) is 0 Å². The molecule has 0 saturated heterocycles. The Balaban J connectivity index is 1.75. The van der Waals surface area contributed by atoms with Gasteiger partial charge in [0.2, 0.25) is 0 Å². The number of hydrogen-bond acceptors (Lipinski definition) is 3. The van der Waals surface area contributed by atoms with Crippen LogP contribution in [0, 0.1) is 17.8 Å². The molecule has 2 saturated carbocycles. The van der Waals surface area contributed by atoms with Gasteiger partial charge in [0.1, 0.15) is 5.69 Å². The van der Waals surface area contributed by atoms with E-state index in [9.17, 15) is 9.59 Å². The second-order valence-electron chi connectivity index (χ2n) is 5.61. The van der Waals surface area contributed by atoms with Gasteiger partial charge in [0.15, 0.2) is 0 Å². The van der Waals surface area contributed by atoms with Gasteiger partial charge in [-0.3, -0.25) is 9.59 Å². The number of halogens is 1. The van der Waals surface area contributed by atoms with E-state index in [0.29, 0.717) is 22.6 Å². The second kappa shape index (κ2) is 5.13. The van der Waals surface area contributed by atoms with Gasteiger partial charge < -0.3 is 15.0 Å². The van der Waals surface area contributed by atoms with E-state index in [4.69, 9.17) is 16.3 Å². The number of ether oxygens (including phenoxy) is 1. The molecule has 5 nitrogen and oxygen atoms in total. The van der Waals surface area contributed by atoms with Gasteiger partial charge in [-0.2, -0.15) is 0 Å². The number of methoxy groups -OCH3 is 1. The van der Waals surface area contributed by atoms with Gasteiger partial charge in [-0.1, -0.05) is 11.6 Å². The summed E-state index contributed by atoms with van der Waals surface area (Å²) >= 11 is 5.80. The molecule has 20 heavy (non-hydrogen) atoms. The minimum absolute atomic E-state index is 0.129. The van der Waals surface area contributed by atoms with Crippen molar-refractivity contribution in [2.75, 3.05) is 7.11 Å². The topological polar surface area (TPSA) is 71.2 Å². The molecule has 3 rings (SSSR count). The number of H-pyrrole nitrogens is 1. The van der Waals surface area contributed by atoms with Crippen LogP contribution in [0.3, 0.4) is 0 Å². The van der Waals surface area contributed by atoms with E-state index >= 15 is 0 Å². The van der Waals surface area contributed by atoms with Crippen molar-refractivity contribution in [2.45, 2.75) is 25.3 Å². The van der Waals surface area contributed by atoms with Crippen LogP contribution in [-0.4, -0.2) is 30.0 Å². The summed E-state index contributed by atoms with van der Waals surface area (Å²) in [5.74, 6) is 0.0620. The number of nitrogens with one attached hydrogen (secondary N) is 2. The second-order valence-corrected chi connectivity index (χ2v) is 6.05. The van der Waals surface area contributed by atoms with Crippen molar-refractivity contribution in [2.24, 2.45) is 17.8 Å². The third kappa shape index (κ3) is 2.20. The molecule has 0 aliphatic heterocycles. The first-order valence-corrected chi connectivity index (χ1v) is 7.20. The quantitative estimate of drug-likeness (QED) is 0.838. The van der Waals surface area contributed by atoms with Gasteiger partial charge in [-0.25, -0.2) is 0 Å². The van der Waals surface area contributed by atoms with Crippen LogP contribution in [0.5, 0.6) is 0 Å². The zero-order valence-corrected chi connectivity index (χ0v) is 11.9. The van der Waals surface area contributed by atoms with Crippen molar-refractivity contribution in [3.8, 4) is 0 Å². The Kier molecular flexibility index (Phi) is 3.46. The molecule has 0 radical (unpaired) electrons. The number of carbonyl (C=O) groups is 2. The molecule has 0 spiro atoms. The summed E-state index contributed by atoms with van der Waals surface area (Å²) in [6, 6.07) is 1.45. The molecule has 2 bridgehead atoms. The van der Waals surface area contributed by atoms with Crippen LogP contribution in [0.2, 0.25) is 5.02 Å². The summed E-state index contributed by atoms with van der Waals surface area (Å²) in [7, 11) is 1.40. The molecule has 2 fully saturated rings. The number of carbonyl (C=O) groups excluding carboxylic acids is 2. The molecule has 1 heterocycles. The lowest BCUT2D eigenvalue weighted by atomic mass is 9.84. The van der Waals surface area contributed by atoms with Crippen LogP contribution in [-0.2, 0) is 9.53 Å². The number of aromatic amines is 1. The first-order valence-electron chi connectivity index (χ1n) is 6.82. The molecule has 108 valence electrons. The summed E-state index contributed by atoms with van der Waals surface area (Å²) in [5, 5.41) is 3.47. The van der Waals surface area contributed by atoms with Crippen LogP contribution in [0.15, 0.2) is 12.3 Å². The minimum Gasteiger partial charge on any atom is -0.469 e. The van der Waals surface area contributed by atoms with Crippen LogP contribution >= 0.6 is 11.6 Å². The normalized spacial score (nSPS) is 31.3. The predicted octanol–water partition coefficient (Wildman–Crippen LogP) is 1.99. The maximum absolute atomic E-state index is 12.2. The third-order valence-electron chi connectivity index (χ3n) is 4.58. The Morgan fingerprint density at radius 1 is 1.40 bits per heavy atom. The highest BCUT2D eigenvalue weighted by Gasteiger charge is 2.52. The Bertz CT molecular complexity index is 542. The molecular formula is C14H17ClN2O3. The fourth-order valence-corrected chi connectivity index (χ4v) is 3.87. The maximum atomic E-state index is 12.2. The van der Waals surface area contributed by atoms with E-state index in [0.717, 1.165) is 19.3 Å². The molecule has 1 amide bonds. The molecule has 1 aromatic heterocycles. The number of hydrogen-bond donors (Lipinski definition) is 2. The zero-order valence-electron chi connectivity index (χ0n) is 11.2. The fourth-order valence-electron chi connectivity index (χ4n) is 3.70. The summed E-state index contributed by atoms with van der Waals surface area (Å²) in [4.78, 5) is 26.9. The van der Waals surface area contributed by atoms with E-state index in [1.165, 1.54) is 7.11 Å². The van der Waals surface area contributed by atoms with Gasteiger partial charge in [0.25, 0.3) is 5.91 Å². The standard InChI is InChI=1S/C14H17ClN2O3/c1-20-14(19)11-7-2-3-8(4-7)12(11)17-13(18)10-5-9(15)6-16-10/h5-8,11-12,16H,2-4H2,1H3,(H,17,18)/t7-,8+,11-,12+/m1/s1. The monoisotopic (exact) mass is 296 g/mol. The summed E-state index contributed by atoms with van der Waals surface area (Å²) in [6.45, 7) is 0. The molecular weight excluding hydrogens is 280 g/mol. The zero-order chi connectivity index (χ0) is 14.3. The Hall–Kier alpha value is -1.49. The average molecular weight is 297 g/mol. The minimum atomic E-state index is -0.219. The lowest BCUT2D eigenvalue weighted by Gasteiger charge is -2.29. The first-order chi connectivity index (χ1) is 9.60. The molecule has 2 aliphatic carbocycles. The number of aromatic nitrogens is 1. The third-order valence-corrected chi connectivity index (χ3v) is 4.80. The smallest absolute Gasteiger partial charge is 0.311 e. The lowest BCUT2D eigenvalue weighted by Crippen LogP contribution is -2.47. The van der Waals surface area contributed by atoms with Crippen molar-refractivity contribution < 1.29 is 14.3 Å². The van der Waals surface area contributed by atoms with E-state index in [1.807, 2.05) is 0 Å². The number of esters is 1. The van der Waals surface area contributed by atoms with E-state index in [-0.39, 0.29) is 23.8 Å². The number of fused-ring (bicyclic) bond motifs is 2. The highest BCUT2D eigenvalue weighted by Crippen LogP contribution is 2.49. The van der Waals surface area contributed by atoms with Gasteiger partial charge in [0.05, 0.1) is 18.1 Å². The summed E-state index contributed by atoms with van der Waals surface area (Å²) in [6.07, 6.45) is 4.67. The average Bonchev–Trinajstić information content (AvgIpc) is 3.13. The summed E-state index contributed by atoms with van der Waals surface area (Å²) < 4.78 is 4.89. The van der Waals surface area contributed by atoms with E-state index in [2.05, 4.69) is 10.3 Å². The van der Waals surface area contributed by atoms with Gasteiger partial charge >= 0.3 is 5.97 Å². The fraction of sp³-hybridized carbons (Fsp3) is 0.571. The van der Waals surface area contributed by atoms with Crippen LogP contribution in [0.4, 0.5) is 0 Å². The van der Waals surface area contributed by atoms with Crippen LogP contribution < -0.4 is 5.32 Å². The molecule has 6 heteroatoms. The number of rotatable bonds is 3. The molecule has 0 aromatic carbocycles. The molecule has 4 atom stereocenters. The predicted molar refractivity (Wildman–Crippen MR) is 73.4 cm³/mol. The lowest BCUT2D eigenvalue weighted by molar-refractivity contribution is -0.148. The molecule has 2 aliphatic rings. The summed E-state index contributed by atoms with van der Waals surface area (Å²) in [5.41, 5.74) is 0.418. The Morgan fingerprint density at radius 2 is 2.15 bits per heavy atom. The van der Waals surface area contributed by atoms with E-state index in [1.54, 1.807) is 12.3 Å². The van der Waals surface area contributed by atoms with Crippen molar-refractivity contribution in [1.29, 1.82) is 0 Å². The van der Waals surface area contributed by atoms with Gasteiger partial charge in [-0.05, 0) is 37.2 Å². The van der Waals surface area contributed by atoms with Gasteiger partial charge in [-0.15, -0.1) is 0 Å². The number of amides is 1. The molecule has 0 unspecified atom stereocenters. The largest absolute Gasteiger partial charge is 0.469 e. The maximum Gasteiger partial charge on any atom is 0.311 e. The SMILES string of the molecule is COC(=O)[C@@H]1[C@@H]2CC[C@@H](C2)[C@@H]1NC(=O)c1cc(Cl)c[nH]1. The highest BCUT2D eigenvalue weighted by atomic mass is 35.5. The van der Waals surface area contributed by atoms with Crippen molar-refractivity contribution in [3.05, 3.63) is 23.0 Å². The molecule has 1 aromatic rings. The van der Waals surface area contributed by atoms with Crippen molar-refractivity contribution in [1.82, 2.24) is 10.3 Å². The highest BCUT2D eigenvalue weighted by molar-refractivity contribution is 6.30. The van der Waals surface area contributed by atoms with E-state index < -0.39 is 0 Å². The van der Waals surface area contributed by atoms with Crippen molar-refractivity contribution in [3.63, 3.8) is 0 Å². The Morgan fingerprint density at radius 3 is 2.80 bits per heavy atom. The van der Waals surface area contributed by atoms with Crippen LogP contribution in [0.1, 0.15) is 29.8 Å². The Labute approximate surface area is 122 Å².